The minimum absolute atomic E-state index is 0.570. The van der Waals surface area contributed by atoms with Crippen LogP contribution in [0.1, 0.15) is 29.2 Å². The Bertz CT molecular complexity index is 1350. The van der Waals surface area contributed by atoms with E-state index in [1.807, 2.05) is 97.9 Å². The average molecular weight is 465 g/mol. The molecular formula is C31H28O2S. The van der Waals surface area contributed by atoms with E-state index in [1.54, 1.807) is 7.11 Å². The summed E-state index contributed by atoms with van der Waals surface area (Å²) in [4.78, 5) is 1.58. The third kappa shape index (κ3) is 5.47. The first-order valence-electron chi connectivity index (χ1n) is 11.3. The second-order valence-corrected chi connectivity index (χ2v) is 10.0. The lowest BCUT2D eigenvalue weighted by molar-refractivity contribution is 0.414. The fourth-order valence-electron chi connectivity index (χ4n) is 4.00. The van der Waals surface area contributed by atoms with E-state index in [1.165, 1.54) is 0 Å². The molecule has 0 aliphatic rings. The van der Waals surface area contributed by atoms with E-state index < -0.39 is 16.2 Å². The van der Waals surface area contributed by atoms with E-state index in [0.29, 0.717) is 6.42 Å². The van der Waals surface area contributed by atoms with Crippen LogP contribution in [0.4, 0.5) is 0 Å². The lowest BCUT2D eigenvalue weighted by Crippen LogP contribution is -2.25. The Balaban J connectivity index is 1.83. The highest BCUT2D eigenvalue weighted by molar-refractivity contribution is 7.85. The fraction of sp³-hybridized carbons (Fsp3) is 0.161. The number of benzene rings is 4. The maximum Gasteiger partial charge on any atom is 0.119 e. The van der Waals surface area contributed by atoms with Crippen molar-refractivity contribution in [3.05, 3.63) is 125 Å². The largest absolute Gasteiger partial charge is 0.497 e. The molecule has 170 valence electrons. The van der Waals surface area contributed by atoms with Crippen LogP contribution in [0, 0.1) is 18.8 Å². The maximum atomic E-state index is 13.7. The van der Waals surface area contributed by atoms with Gasteiger partial charge in [0.1, 0.15) is 5.75 Å². The third-order valence-electron chi connectivity index (χ3n) is 5.86. The lowest BCUT2D eigenvalue weighted by Gasteiger charge is -2.27. The van der Waals surface area contributed by atoms with Crippen molar-refractivity contribution in [1.29, 1.82) is 0 Å². The molecule has 0 radical (unpaired) electrons. The van der Waals surface area contributed by atoms with Gasteiger partial charge in [-0.05, 0) is 73.9 Å². The minimum Gasteiger partial charge on any atom is -0.497 e. The summed E-state index contributed by atoms with van der Waals surface area (Å²) < 4.78 is 19.1. The van der Waals surface area contributed by atoms with E-state index in [9.17, 15) is 4.21 Å². The molecule has 0 N–H and O–H groups in total. The highest BCUT2D eigenvalue weighted by atomic mass is 32.2. The Morgan fingerprint density at radius 2 is 1.56 bits per heavy atom. The first-order valence-corrected chi connectivity index (χ1v) is 12.4. The zero-order valence-corrected chi connectivity index (χ0v) is 20.6. The van der Waals surface area contributed by atoms with Crippen LogP contribution < -0.4 is 4.74 Å². The van der Waals surface area contributed by atoms with Gasteiger partial charge in [0.25, 0.3) is 0 Å². The van der Waals surface area contributed by atoms with E-state index in [0.717, 1.165) is 37.8 Å². The van der Waals surface area contributed by atoms with Gasteiger partial charge >= 0.3 is 0 Å². The van der Waals surface area contributed by atoms with Gasteiger partial charge in [-0.2, -0.15) is 0 Å². The molecule has 1 unspecified atom stereocenters. The van der Waals surface area contributed by atoms with Crippen LogP contribution in [0.5, 0.6) is 5.75 Å². The molecule has 4 aromatic carbocycles. The van der Waals surface area contributed by atoms with Crippen molar-refractivity contribution in [2.24, 2.45) is 0 Å². The number of methoxy groups -OCH3 is 1. The summed E-state index contributed by atoms with van der Waals surface area (Å²) in [6, 6.07) is 33.9. The summed E-state index contributed by atoms with van der Waals surface area (Å²) in [6.07, 6.45) is 0.659. The SMILES string of the molecule is COc1cccc(C[C@@](C)(C#Cc2ccccc2)c2ccccc2S(=O)c2ccc(C)cc2)c1. The van der Waals surface area contributed by atoms with E-state index in [4.69, 9.17) is 4.74 Å². The highest BCUT2D eigenvalue weighted by Crippen LogP contribution is 2.34. The predicted molar refractivity (Wildman–Crippen MR) is 140 cm³/mol. The Labute approximate surface area is 205 Å². The molecule has 0 heterocycles. The molecule has 0 saturated heterocycles. The molecule has 3 heteroatoms. The summed E-state index contributed by atoms with van der Waals surface area (Å²) in [7, 11) is 0.357. The van der Waals surface area contributed by atoms with Crippen LogP contribution in [0.3, 0.4) is 0 Å². The van der Waals surface area contributed by atoms with Gasteiger partial charge in [0.05, 0.1) is 23.3 Å². The number of rotatable bonds is 6. The standard InChI is InChI=1S/C31H28O2S/c1-24-16-18-28(19-17-24)34(32)30-15-8-7-14-29(30)31(2,21-20-25-10-5-4-6-11-25)23-26-12-9-13-27(22-26)33-3/h4-19,22H,23H2,1-3H3/t31-,34?/m1/s1. The van der Waals surface area contributed by atoms with Crippen molar-refractivity contribution in [3.63, 3.8) is 0 Å². The third-order valence-corrected chi connectivity index (χ3v) is 7.32. The highest BCUT2D eigenvalue weighted by Gasteiger charge is 2.30. The molecule has 0 fully saturated rings. The number of hydrogen-bond acceptors (Lipinski definition) is 2. The Morgan fingerprint density at radius 3 is 2.29 bits per heavy atom. The smallest absolute Gasteiger partial charge is 0.119 e. The van der Waals surface area contributed by atoms with Crippen LogP contribution in [0.25, 0.3) is 0 Å². The van der Waals surface area contributed by atoms with E-state index >= 15 is 0 Å². The van der Waals surface area contributed by atoms with Gasteiger partial charge in [-0.3, -0.25) is 0 Å². The summed E-state index contributed by atoms with van der Waals surface area (Å²) in [6.45, 7) is 4.17. The van der Waals surface area contributed by atoms with Crippen molar-refractivity contribution in [2.75, 3.05) is 7.11 Å². The molecule has 4 aromatic rings. The van der Waals surface area contributed by atoms with Gasteiger partial charge in [0, 0.05) is 15.4 Å². The average Bonchev–Trinajstić information content (AvgIpc) is 2.88. The van der Waals surface area contributed by atoms with Gasteiger partial charge in [-0.25, -0.2) is 4.21 Å². The zero-order valence-electron chi connectivity index (χ0n) is 19.7. The number of aryl methyl sites for hydroxylation is 1. The Kier molecular flexibility index (Phi) is 7.30. The molecule has 34 heavy (non-hydrogen) atoms. The van der Waals surface area contributed by atoms with Crippen LogP contribution >= 0.6 is 0 Å². The molecule has 0 aliphatic carbocycles. The van der Waals surface area contributed by atoms with Crippen molar-refractivity contribution >= 4 is 10.8 Å². The van der Waals surface area contributed by atoms with Crippen molar-refractivity contribution in [1.82, 2.24) is 0 Å². The van der Waals surface area contributed by atoms with E-state index in [-0.39, 0.29) is 0 Å². The molecule has 0 spiro atoms. The normalized spacial score (nSPS) is 13.3. The molecule has 4 rings (SSSR count). The first-order chi connectivity index (χ1) is 16.5. The van der Waals surface area contributed by atoms with Gasteiger partial charge in [0.2, 0.25) is 0 Å². The molecular weight excluding hydrogens is 436 g/mol. The molecule has 0 saturated carbocycles. The van der Waals surface area contributed by atoms with Gasteiger partial charge in [-0.15, -0.1) is 0 Å². The van der Waals surface area contributed by atoms with Crippen LogP contribution in [0.2, 0.25) is 0 Å². The first kappa shape index (κ1) is 23.5. The van der Waals surface area contributed by atoms with Crippen LogP contribution in [-0.4, -0.2) is 11.3 Å². The summed E-state index contributed by atoms with van der Waals surface area (Å²) >= 11 is 0. The van der Waals surface area contributed by atoms with Crippen LogP contribution in [-0.2, 0) is 22.6 Å². The molecule has 0 aromatic heterocycles. The second-order valence-electron chi connectivity index (χ2n) is 8.55. The molecule has 0 bridgehead atoms. The topological polar surface area (TPSA) is 26.3 Å². The van der Waals surface area contributed by atoms with Crippen molar-refractivity contribution in [3.8, 4) is 17.6 Å². The van der Waals surface area contributed by atoms with E-state index in [2.05, 4.69) is 30.9 Å². The van der Waals surface area contributed by atoms with Crippen molar-refractivity contribution in [2.45, 2.75) is 35.5 Å². The Hall–Kier alpha value is -3.61. The van der Waals surface area contributed by atoms with Gasteiger partial charge in [0.15, 0.2) is 0 Å². The quantitative estimate of drug-likeness (QED) is 0.296. The lowest BCUT2D eigenvalue weighted by atomic mass is 9.77. The fourth-order valence-corrected chi connectivity index (χ4v) is 5.33. The number of ether oxygens (including phenoxy) is 1. The monoisotopic (exact) mass is 464 g/mol. The molecule has 0 amide bonds. The predicted octanol–water partition coefficient (Wildman–Crippen LogP) is 6.72. The maximum absolute atomic E-state index is 13.7. The van der Waals surface area contributed by atoms with Crippen LogP contribution in [0.15, 0.2) is 113 Å². The van der Waals surface area contributed by atoms with Gasteiger partial charge in [-0.1, -0.05) is 78.1 Å². The van der Waals surface area contributed by atoms with Gasteiger partial charge < -0.3 is 4.74 Å². The number of hydrogen-bond donors (Lipinski definition) is 0. The molecule has 0 aliphatic heterocycles. The summed E-state index contributed by atoms with van der Waals surface area (Å²) in [5.41, 5.74) is 3.61. The zero-order chi connectivity index (χ0) is 24.0. The minimum atomic E-state index is -1.32. The summed E-state index contributed by atoms with van der Waals surface area (Å²) in [5, 5.41) is 0. The van der Waals surface area contributed by atoms with Crippen molar-refractivity contribution < 1.29 is 8.95 Å². The molecule has 2 nitrogen and oxygen atoms in total. The summed E-state index contributed by atoms with van der Waals surface area (Å²) in [5.74, 6) is 7.72. The second kappa shape index (κ2) is 10.5. The Morgan fingerprint density at radius 1 is 0.853 bits per heavy atom. The molecule has 2 atom stereocenters.